The molecule has 10 heteroatoms. The molecule has 0 bridgehead atoms. The molecule has 2 rings (SSSR count). The molecule has 1 aromatic heterocycles. The van der Waals surface area contributed by atoms with Crippen LogP contribution in [-0.2, 0) is 20.2 Å². The zero-order valence-electron chi connectivity index (χ0n) is 10.1. The van der Waals surface area contributed by atoms with Gasteiger partial charge in [0.15, 0.2) is 0 Å². The minimum absolute atomic E-state index is 0.268. The van der Waals surface area contributed by atoms with Gasteiger partial charge in [-0.1, -0.05) is 6.07 Å². The maximum Gasteiger partial charge on any atom is 0.332 e. The lowest BCUT2D eigenvalue weighted by Crippen LogP contribution is -2.13. The van der Waals surface area contributed by atoms with Crippen LogP contribution in [0.15, 0.2) is 44.7 Å². The Bertz CT molecular complexity index is 842. The summed E-state index contributed by atoms with van der Waals surface area (Å²) in [6, 6.07) is 3.61. The van der Waals surface area contributed by atoms with Crippen LogP contribution < -0.4 is 4.72 Å². The first-order valence-electron chi connectivity index (χ1n) is 5.18. The number of oxazole rings is 1. The summed E-state index contributed by atoms with van der Waals surface area (Å²) in [7, 11) is -9.11. The summed E-state index contributed by atoms with van der Waals surface area (Å²) in [5.41, 5.74) is 0. The molecule has 1 N–H and O–H groups in total. The normalized spacial score (nSPS) is 12.3. The van der Waals surface area contributed by atoms with Crippen LogP contribution >= 0.6 is 0 Å². The number of aromatic nitrogens is 1. The van der Waals surface area contributed by atoms with E-state index in [1.165, 1.54) is 6.20 Å². The average molecular weight is 320 g/mol. The predicted molar refractivity (Wildman–Crippen MR) is 66.8 cm³/mol. The van der Waals surface area contributed by atoms with Crippen molar-refractivity contribution in [2.75, 3.05) is 4.72 Å². The van der Waals surface area contributed by atoms with Crippen LogP contribution in [0.1, 0.15) is 5.76 Å². The highest BCUT2D eigenvalue weighted by Crippen LogP contribution is 2.20. The molecule has 0 spiro atoms. The zero-order chi connectivity index (χ0) is 15.0. The van der Waals surface area contributed by atoms with Gasteiger partial charge >= 0.3 is 16.2 Å². The Morgan fingerprint density at radius 2 is 1.85 bits per heavy atom. The fourth-order valence-electron chi connectivity index (χ4n) is 1.37. The monoisotopic (exact) mass is 320 g/mol. The van der Waals surface area contributed by atoms with Crippen LogP contribution in [0.2, 0.25) is 0 Å². The van der Waals surface area contributed by atoms with Gasteiger partial charge in [-0.25, -0.2) is 18.1 Å². The van der Waals surface area contributed by atoms with Crippen molar-refractivity contribution in [1.29, 1.82) is 0 Å². The van der Waals surface area contributed by atoms with Gasteiger partial charge in [-0.05, 0) is 25.1 Å². The third-order valence-corrected chi connectivity index (χ3v) is 4.38. The number of hydrogen-bond acceptors (Lipinski definition) is 6. The number of halogens is 1. The van der Waals surface area contributed by atoms with Crippen LogP contribution in [0.5, 0.6) is 0 Å². The largest absolute Gasteiger partial charge is 0.428 e. The minimum atomic E-state index is -4.99. The molecule has 0 amide bonds. The Balaban J connectivity index is 2.40. The maximum atomic E-state index is 12.8. The molecular weight excluding hydrogens is 311 g/mol. The lowest BCUT2D eigenvalue weighted by Gasteiger charge is -2.05. The van der Waals surface area contributed by atoms with Gasteiger partial charge in [-0.2, -0.15) is 8.42 Å². The van der Waals surface area contributed by atoms with Gasteiger partial charge in [0.2, 0.25) is 0 Å². The number of nitrogens with one attached hydrogen (secondary N) is 1. The van der Waals surface area contributed by atoms with E-state index in [4.69, 9.17) is 4.42 Å². The molecular formula is C10H9FN2O5S2. The molecule has 0 aliphatic heterocycles. The number of benzene rings is 1. The van der Waals surface area contributed by atoms with Gasteiger partial charge < -0.3 is 4.42 Å². The Labute approximate surface area is 114 Å². The molecule has 0 atom stereocenters. The summed E-state index contributed by atoms with van der Waals surface area (Å²) in [5, 5.41) is 0. The number of hydrogen-bond donors (Lipinski definition) is 1. The molecule has 0 fully saturated rings. The van der Waals surface area contributed by atoms with Gasteiger partial charge in [0.1, 0.15) is 5.76 Å². The van der Waals surface area contributed by atoms with Crippen molar-refractivity contribution in [2.45, 2.75) is 16.7 Å². The summed E-state index contributed by atoms with van der Waals surface area (Å²) < 4.78 is 65.2. The van der Waals surface area contributed by atoms with Crippen LogP contribution in [0.25, 0.3) is 0 Å². The van der Waals surface area contributed by atoms with Crippen molar-refractivity contribution >= 4 is 26.3 Å². The van der Waals surface area contributed by atoms with E-state index in [-0.39, 0.29) is 6.01 Å². The Kier molecular flexibility index (Phi) is 3.52. The van der Waals surface area contributed by atoms with E-state index in [2.05, 4.69) is 4.98 Å². The van der Waals surface area contributed by atoms with E-state index in [0.717, 1.165) is 18.2 Å². The lowest BCUT2D eigenvalue weighted by atomic mass is 10.4. The van der Waals surface area contributed by atoms with Crippen molar-refractivity contribution < 1.29 is 25.1 Å². The van der Waals surface area contributed by atoms with E-state index >= 15 is 0 Å². The molecule has 1 heterocycles. The number of anilines is 1. The second-order valence-corrected chi connectivity index (χ2v) is 6.82. The lowest BCUT2D eigenvalue weighted by molar-refractivity contribution is 0.543. The fourth-order valence-corrected chi connectivity index (χ4v) is 2.93. The first-order valence-corrected chi connectivity index (χ1v) is 8.05. The Morgan fingerprint density at radius 1 is 1.20 bits per heavy atom. The van der Waals surface area contributed by atoms with Crippen molar-refractivity contribution in [3.05, 3.63) is 36.2 Å². The Morgan fingerprint density at radius 3 is 2.40 bits per heavy atom. The summed E-state index contributed by atoms with van der Waals surface area (Å²) >= 11 is 0. The fraction of sp³-hybridized carbons (Fsp3) is 0.100. The standard InChI is InChI=1S/C10H9FN2O5S2/c1-7-6-12-10(18-7)13-20(16,17)9-4-2-3-8(5-9)19(11,14)15/h2-6H,1H3,(H,12,13). The first kappa shape index (κ1) is 14.5. The quantitative estimate of drug-likeness (QED) is 0.854. The van der Waals surface area contributed by atoms with E-state index in [0.29, 0.717) is 11.8 Å². The second kappa shape index (κ2) is 4.87. The molecule has 0 radical (unpaired) electrons. The third kappa shape index (κ3) is 3.14. The van der Waals surface area contributed by atoms with E-state index < -0.39 is 30.0 Å². The summed E-state index contributed by atoms with van der Waals surface area (Å²) in [4.78, 5) is 2.48. The van der Waals surface area contributed by atoms with E-state index in [1.807, 2.05) is 4.72 Å². The van der Waals surface area contributed by atoms with Crippen LogP contribution in [-0.4, -0.2) is 21.8 Å². The molecule has 0 aliphatic rings. The van der Waals surface area contributed by atoms with Gasteiger partial charge in [-0.15, -0.1) is 3.89 Å². The molecule has 2 aromatic rings. The molecule has 1 aromatic carbocycles. The highest BCUT2D eigenvalue weighted by atomic mass is 32.3. The molecule has 0 saturated carbocycles. The first-order chi connectivity index (χ1) is 9.18. The molecule has 0 unspecified atom stereocenters. The third-order valence-electron chi connectivity index (χ3n) is 2.24. The SMILES string of the molecule is Cc1cnc(NS(=O)(=O)c2cccc(S(=O)(=O)F)c2)o1. The zero-order valence-corrected chi connectivity index (χ0v) is 11.7. The number of nitrogens with zero attached hydrogens (tertiary/aromatic N) is 1. The van der Waals surface area contributed by atoms with Crippen molar-refractivity contribution in [1.82, 2.24) is 4.98 Å². The summed E-state index contributed by atoms with van der Waals surface area (Å²) in [6.07, 6.45) is 1.31. The van der Waals surface area contributed by atoms with Crippen LogP contribution in [0.4, 0.5) is 9.90 Å². The number of aryl methyl sites for hydroxylation is 1. The maximum absolute atomic E-state index is 12.8. The van der Waals surface area contributed by atoms with Crippen molar-refractivity contribution in [3.63, 3.8) is 0 Å². The summed E-state index contributed by atoms with van der Waals surface area (Å²) in [5.74, 6) is 0.391. The highest BCUT2D eigenvalue weighted by molar-refractivity contribution is 7.92. The van der Waals surface area contributed by atoms with Crippen LogP contribution in [0.3, 0.4) is 0 Å². The molecule has 108 valence electrons. The smallest absolute Gasteiger partial charge is 0.332 e. The number of sulfonamides is 1. The van der Waals surface area contributed by atoms with E-state index in [1.54, 1.807) is 6.92 Å². The predicted octanol–water partition coefficient (Wildman–Crippen LogP) is 1.44. The average Bonchev–Trinajstić information content (AvgIpc) is 2.73. The van der Waals surface area contributed by atoms with Gasteiger partial charge in [0.25, 0.3) is 10.0 Å². The van der Waals surface area contributed by atoms with Gasteiger partial charge in [-0.3, -0.25) is 0 Å². The Hall–Kier alpha value is -1.94. The molecule has 20 heavy (non-hydrogen) atoms. The molecule has 7 nitrogen and oxygen atoms in total. The second-order valence-electron chi connectivity index (χ2n) is 3.79. The van der Waals surface area contributed by atoms with E-state index in [9.17, 15) is 20.7 Å². The molecule has 0 saturated heterocycles. The van der Waals surface area contributed by atoms with Crippen molar-refractivity contribution in [3.8, 4) is 0 Å². The van der Waals surface area contributed by atoms with Gasteiger partial charge in [0.05, 0.1) is 16.0 Å². The highest BCUT2D eigenvalue weighted by Gasteiger charge is 2.20. The summed E-state index contributed by atoms with van der Waals surface area (Å²) in [6.45, 7) is 1.57. The van der Waals surface area contributed by atoms with Gasteiger partial charge in [0, 0.05) is 0 Å². The van der Waals surface area contributed by atoms with Crippen LogP contribution in [0, 0.1) is 6.92 Å². The minimum Gasteiger partial charge on any atom is -0.428 e. The number of rotatable bonds is 4. The van der Waals surface area contributed by atoms with Crippen molar-refractivity contribution in [2.24, 2.45) is 0 Å². The molecule has 0 aliphatic carbocycles. The topological polar surface area (TPSA) is 106 Å².